The van der Waals surface area contributed by atoms with Gasteiger partial charge in [-0.15, -0.1) is 11.3 Å². The van der Waals surface area contributed by atoms with Crippen molar-refractivity contribution < 1.29 is 14.0 Å². The molecule has 1 aromatic carbocycles. The van der Waals surface area contributed by atoms with E-state index in [0.29, 0.717) is 22.1 Å². The summed E-state index contributed by atoms with van der Waals surface area (Å²) in [5, 5.41) is 5.12. The van der Waals surface area contributed by atoms with Crippen molar-refractivity contribution in [1.29, 1.82) is 0 Å². The minimum Gasteiger partial charge on any atom is -0.463 e. The quantitative estimate of drug-likeness (QED) is 0.797. The second-order valence-electron chi connectivity index (χ2n) is 5.27. The number of anilines is 1. The Hall–Kier alpha value is -2.73. The van der Waals surface area contributed by atoms with Crippen LogP contribution in [0.1, 0.15) is 28.3 Å². The molecule has 0 aliphatic heterocycles. The highest BCUT2D eigenvalue weighted by atomic mass is 32.1. The van der Waals surface area contributed by atoms with Crippen LogP contribution in [0.4, 0.5) is 5.13 Å². The van der Waals surface area contributed by atoms with Crippen LogP contribution in [0.15, 0.2) is 52.5 Å². The number of rotatable bonds is 3. The third kappa shape index (κ3) is 2.47. The van der Waals surface area contributed by atoms with E-state index >= 15 is 0 Å². The molecule has 1 N–H and O–H groups in total. The van der Waals surface area contributed by atoms with Gasteiger partial charge in [0.25, 0.3) is 0 Å². The Morgan fingerprint density at radius 1 is 1.26 bits per heavy atom. The number of thiazole rings is 1. The van der Waals surface area contributed by atoms with Crippen molar-refractivity contribution in [2.45, 2.75) is 12.3 Å². The Kier molecular flexibility index (Phi) is 3.31. The summed E-state index contributed by atoms with van der Waals surface area (Å²) in [7, 11) is 0. The van der Waals surface area contributed by atoms with Gasteiger partial charge in [0, 0.05) is 17.4 Å². The fourth-order valence-electron chi connectivity index (χ4n) is 2.76. The van der Waals surface area contributed by atoms with Crippen molar-refractivity contribution >= 4 is 28.2 Å². The second-order valence-corrected chi connectivity index (χ2v) is 6.13. The van der Waals surface area contributed by atoms with Gasteiger partial charge in [-0.05, 0) is 17.7 Å². The summed E-state index contributed by atoms with van der Waals surface area (Å²) < 4.78 is 5.29. The molecule has 0 fully saturated rings. The Morgan fingerprint density at radius 2 is 2.13 bits per heavy atom. The summed E-state index contributed by atoms with van der Waals surface area (Å²) in [5.74, 6) is 0.0117. The Bertz CT molecular complexity index is 883. The van der Waals surface area contributed by atoms with Crippen LogP contribution in [0.3, 0.4) is 0 Å². The molecule has 1 aliphatic rings. The molecule has 23 heavy (non-hydrogen) atoms. The number of carbonyl (C=O) groups excluding carboxylic acids is 2. The fourth-order valence-corrected chi connectivity index (χ4v) is 3.46. The largest absolute Gasteiger partial charge is 0.463 e. The van der Waals surface area contributed by atoms with Gasteiger partial charge in [0.2, 0.25) is 5.91 Å². The standard InChI is InChI=1S/C17H12N2O3S/c20-14-8-12(10-4-1-2-5-11(10)14)16(21)19-17-18-13(9-23-17)15-6-3-7-22-15/h1-7,9,12H,8H2,(H,18,19,21)/t12-/m0/s1. The highest BCUT2D eigenvalue weighted by molar-refractivity contribution is 7.14. The smallest absolute Gasteiger partial charge is 0.234 e. The minimum atomic E-state index is -0.449. The first-order chi connectivity index (χ1) is 11.2. The van der Waals surface area contributed by atoms with Crippen LogP contribution in [0.2, 0.25) is 0 Å². The predicted molar refractivity (Wildman–Crippen MR) is 86.6 cm³/mol. The zero-order valence-corrected chi connectivity index (χ0v) is 12.8. The molecule has 4 rings (SSSR count). The van der Waals surface area contributed by atoms with E-state index < -0.39 is 5.92 Å². The normalized spacial score (nSPS) is 16.3. The lowest BCUT2D eigenvalue weighted by Crippen LogP contribution is -2.19. The van der Waals surface area contributed by atoms with E-state index in [-0.39, 0.29) is 18.1 Å². The maximum Gasteiger partial charge on any atom is 0.234 e. The number of nitrogens with zero attached hydrogens (tertiary/aromatic N) is 1. The SMILES string of the molecule is O=C1C[C@H](C(=O)Nc2nc(-c3ccco3)cs2)c2ccccc21. The molecule has 0 saturated carbocycles. The van der Waals surface area contributed by atoms with Crippen molar-refractivity contribution in [2.24, 2.45) is 0 Å². The monoisotopic (exact) mass is 324 g/mol. The Morgan fingerprint density at radius 3 is 2.96 bits per heavy atom. The van der Waals surface area contributed by atoms with Crippen LogP contribution in [0, 0.1) is 0 Å². The van der Waals surface area contributed by atoms with Crippen LogP contribution in [-0.4, -0.2) is 16.7 Å². The highest BCUT2D eigenvalue weighted by Gasteiger charge is 2.34. The molecular formula is C17H12N2O3S. The van der Waals surface area contributed by atoms with Gasteiger partial charge in [0.05, 0.1) is 12.2 Å². The maximum absolute atomic E-state index is 12.5. The van der Waals surface area contributed by atoms with Gasteiger partial charge in [-0.3, -0.25) is 9.59 Å². The summed E-state index contributed by atoms with van der Waals surface area (Å²) in [6, 6.07) is 10.9. The molecule has 1 amide bonds. The van der Waals surface area contributed by atoms with Crippen LogP contribution < -0.4 is 5.32 Å². The number of hydrogen-bond donors (Lipinski definition) is 1. The van der Waals surface area contributed by atoms with E-state index in [1.807, 2.05) is 29.6 Å². The summed E-state index contributed by atoms with van der Waals surface area (Å²) >= 11 is 1.33. The van der Waals surface area contributed by atoms with Gasteiger partial charge >= 0.3 is 0 Å². The van der Waals surface area contributed by atoms with Crippen LogP contribution >= 0.6 is 11.3 Å². The molecular weight excluding hydrogens is 312 g/mol. The first-order valence-electron chi connectivity index (χ1n) is 7.15. The summed E-state index contributed by atoms with van der Waals surface area (Å²) in [4.78, 5) is 28.8. The van der Waals surface area contributed by atoms with Crippen LogP contribution in [-0.2, 0) is 4.79 Å². The number of carbonyl (C=O) groups is 2. The van der Waals surface area contributed by atoms with Gasteiger partial charge < -0.3 is 9.73 Å². The van der Waals surface area contributed by atoms with Crippen molar-refractivity contribution in [2.75, 3.05) is 5.32 Å². The molecule has 6 heteroatoms. The number of benzene rings is 1. The van der Waals surface area contributed by atoms with Gasteiger partial charge in [-0.2, -0.15) is 0 Å². The predicted octanol–water partition coefficient (Wildman–Crippen LogP) is 3.71. The van der Waals surface area contributed by atoms with E-state index in [1.54, 1.807) is 18.4 Å². The van der Waals surface area contributed by atoms with Gasteiger partial charge in [-0.25, -0.2) is 4.98 Å². The summed E-state index contributed by atoms with van der Waals surface area (Å²) in [6.45, 7) is 0. The van der Waals surface area contributed by atoms with Crippen molar-refractivity contribution in [3.05, 3.63) is 59.2 Å². The number of nitrogens with one attached hydrogen (secondary N) is 1. The number of aromatic nitrogens is 1. The molecule has 2 heterocycles. The first-order valence-corrected chi connectivity index (χ1v) is 8.03. The zero-order chi connectivity index (χ0) is 15.8. The molecule has 5 nitrogen and oxygen atoms in total. The first kappa shape index (κ1) is 13.9. The summed E-state index contributed by atoms with van der Waals surface area (Å²) in [5.41, 5.74) is 2.11. The van der Waals surface area contributed by atoms with Gasteiger partial charge in [0.1, 0.15) is 5.69 Å². The lowest BCUT2D eigenvalue weighted by atomic mass is 10.0. The third-order valence-electron chi connectivity index (χ3n) is 3.85. The molecule has 114 valence electrons. The van der Waals surface area contributed by atoms with Crippen molar-refractivity contribution in [1.82, 2.24) is 4.98 Å². The summed E-state index contributed by atoms with van der Waals surface area (Å²) in [6.07, 6.45) is 1.79. The molecule has 0 unspecified atom stereocenters. The van der Waals surface area contributed by atoms with E-state index in [1.165, 1.54) is 11.3 Å². The average Bonchev–Trinajstić information content (AvgIpc) is 3.27. The van der Waals surface area contributed by atoms with Crippen LogP contribution in [0.5, 0.6) is 0 Å². The number of Topliss-reactive ketones (excluding diaryl/α,β-unsaturated/α-hetero) is 1. The Balaban J connectivity index is 1.54. The van der Waals surface area contributed by atoms with Gasteiger partial charge in [0.15, 0.2) is 16.7 Å². The minimum absolute atomic E-state index is 0.0103. The van der Waals surface area contributed by atoms with E-state index in [2.05, 4.69) is 10.3 Å². The zero-order valence-electron chi connectivity index (χ0n) is 12.0. The third-order valence-corrected chi connectivity index (χ3v) is 4.61. The highest BCUT2D eigenvalue weighted by Crippen LogP contribution is 2.34. The number of fused-ring (bicyclic) bond motifs is 1. The van der Waals surface area contributed by atoms with Crippen molar-refractivity contribution in [3.63, 3.8) is 0 Å². The van der Waals surface area contributed by atoms with E-state index in [4.69, 9.17) is 4.42 Å². The maximum atomic E-state index is 12.5. The molecule has 0 saturated heterocycles. The average molecular weight is 324 g/mol. The fraction of sp³-hybridized carbons (Fsp3) is 0.118. The van der Waals surface area contributed by atoms with Crippen molar-refractivity contribution in [3.8, 4) is 11.5 Å². The lowest BCUT2D eigenvalue weighted by molar-refractivity contribution is -0.117. The molecule has 2 aromatic heterocycles. The van der Waals surface area contributed by atoms with E-state index in [9.17, 15) is 9.59 Å². The molecule has 1 atom stereocenters. The number of amides is 1. The number of furan rings is 1. The molecule has 1 aliphatic carbocycles. The number of ketones is 1. The number of hydrogen-bond acceptors (Lipinski definition) is 5. The van der Waals surface area contributed by atoms with E-state index in [0.717, 1.165) is 5.56 Å². The molecule has 3 aromatic rings. The Labute approximate surface area is 136 Å². The molecule has 0 radical (unpaired) electrons. The van der Waals surface area contributed by atoms with Gasteiger partial charge in [-0.1, -0.05) is 24.3 Å². The second kappa shape index (κ2) is 5.48. The topological polar surface area (TPSA) is 72.2 Å². The molecule has 0 bridgehead atoms. The lowest BCUT2D eigenvalue weighted by Gasteiger charge is -2.09. The molecule has 0 spiro atoms. The van der Waals surface area contributed by atoms with Crippen LogP contribution in [0.25, 0.3) is 11.5 Å².